The number of aliphatic carboxylic acids is 1. The van der Waals surface area contributed by atoms with Crippen molar-refractivity contribution in [1.29, 1.82) is 0 Å². The van der Waals surface area contributed by atoms with Gasteiger partial charge in [-0.1, -0.05) is 30.3 Å². The summed E-state index contributed by atoms with van der Waals surface area (Å²) in [5.41, 5.74) is 0.523. The predicted octanol–water partition coefficient (Wildman–Crippen LogP) is 0.904. The number of hydrogen-bond donors (Lipinski definition) is 1. The molecule has 0 fully saturated rings. The van der Waals surface area contributed by atoms with Gasteiger partial charge in [0.2, 0.25) is 5.52 Å². The molecule has 0 aliphatic heterocycles. The largest absolute Gasteiger partial charge is 0.548 e. The molecule has 2 aromatic carbocycles. The van der Waals surface area contributed by atoms with E-state index >= 15 is 0 Å². The van der Waals surface area contributed by atoms with Crippen LogP contribution in [0.1, 0.15) is 5.56 Å². The van der Waals surface area contributed by atoms with Crippen molar-refractivity contribution in [3.8, 4) is 0 Å². The SMILES string of the molecule is O=C([O-])[C@H](Cc1ccccc1)Nc1ccc2nonc2c1[N+](=O)[O-]. The number of nitro benzene ring substituents is 1. The van der Waals surface area contributed by atoms with Crippen LogP contribution in [0.3, 0.4) is 0 Å². The van der Waals surface area contributed by atoms with Gasteiger partial charge in [0.05, 0.1) is 16.9 Å². The van der Waals surface area contributed by atoms with Gasteiger partial charge >= 0.3 is 5.69 Å². The first-order valence-corrected chi connectivity index (χ1v) is 6.97. The van der Waals surface area contributed by atoms with Crippen molar-refractivity contribution in [3.05, 3.63) is 58.1 Å². The van der Waals surface area contributed by atoms with Crippen LogP contribution < -0.4 is 10.4 Å². The van der Waals surface area contributed by atoms with Gasteiger partial charge in [-0.2, -0.15) is 0 Å². The molecule has 0 saturated carbocycles. The van der Waals surface area contributed by atoms with Gasteiger partial charge in [0.15, 0.2) is 0 Å². The lowest BCUT2D eigenvalue weighted by Crippen LogP contribution is -2.42. The number of carbonyl (C=O) groups is 1. The van der Waals surface area contributed by atoms with E-state index in [4.69, 9.17) is 0 Å². The fraction of sp³-hybridized carbons (Fsp3) is 0.133. The Kier molecular flexibility index (Phi) is 4.06. The Bertz CT molecular complexity index is 893. The standard InChI is InChI=1S/C15H12N4O5/c20-15(21)12(8-9-4-2-1-3-5-9)16-11-7-6-10-13(18-24-17-10)14(11)19(22)23/h1-7,12,16H,8H2,(H,20,21)/p-1/t12-/m0/s1. The minimum Gasteiger partial charge on any atom is -0.548 e. The third-order valence-corrected chi connectivity index (χ3v) is 3.48. The first kappa shape index (κ1) is 15.4. The molecule has 0 saturated heterocycles. The zero-order valence-corrected chi connectivity index (χ0v) is 12.2. The summed E-state index contributed by atoms with van der Waals surface area (Å²) < 4.78 is 4.50. The molecule has 0 amide bonds. The molecule has 1 atom stereocenters. The molecule has 1 heterocycles. The van der Waals surface area contributed by atoms with Crippen LogP contribution >= 0.6 is 0 Å². The van der Waals surface area contributed by atoms with E-state index in [9.17, 15) is 20.0 Å². The summed E-state index contributed by atoms with van der Waals surface area (Å²) in [6.45, 7) is 0. The Morgan fingerprint density at radius 3 is 2.62 bits per heavy atom. The van der Waals surface area contributed by atoms with E-state index in [1.165, 1.54) is 12.1 Å². The van der Waals surface area contributed by atoms with Crippen LogP contribution in [0.4, 0.5) is 11.4 Å². The van der Waals surface area contributed by atoms with Gasteiger partial charge in [-0.15, -0.1) is 0 Å². The number of fused-ring (bicyclic) bond motifs is 1. The van der Waals surface area contributed by atoms with Crippen LogP contribution in [0.5, 0.6) is 0 Å². The van der Waals surface area contributed by atoms with Crippen LogP contribution in [-0.2, 0) is 11.2 Å². The first-order chi connectivity index (χ1) is 11.6. The fourth-order valence-electron chi connectivity index (χ4n) is 2.37. The molecule has 0 aliphatic rings. The number of rotatable bonds is 6. The number of benzene rings is 2. The lowest BCUT2D eigenvalue weighted by molar-refractivity contribution is -0.382. The summed E-state index contributed by atoms with van der Waals surface area (Å²) in [5.74, 6) is -1.37. The van der Waals surface area contributed by atoms with Crippen LogP contribution in [0.25, 0.3) is 11.0 Å². The van der Waals surface area contributed by atoms with Crippen molar-refractivity contribution in [2.24, 2.45) is 0 Å². The maximum absolute atomic E-state index is 11.4. The third kappa shape index (κ3) is 3.00. The topological polar surface area (TPSA) is 134 Å². The van der Waals surface area contributed by atoms with Gasteiger partial charge in [0.25, 0.3) is 0 Å². The lowest BCUT2D eigenvalue weighted by atomic mass is 10.1. The molecule has 0 spiro atoms. The molecule has 1 aromatic heterocycles. The average molecular weight is 327 g/mol. The minimum atomic E-state index is -1.37. The highest BCUT2D eigenvalue weighted by atomic mass is 16.6. The van der Waals surface area contributed by atoms with Crippen molar-refractivity contribution in [2.75, 3.05) is 5.32 Å². The molecular weight excluding hydrogens is 316 g/mol. The van der Waals surface area contributed by atoms with Gasteiger partial charge < -0.3 is 15.2 Å². The van der Waals surface area contributed by atoms with E-state index < -0.39 is 22.6 Å². The van der Waals surface area contributed by atoms with Crippen LogP contribution in [0.2, 0.25) is 0 Å². The van der Waals surface area contributed by atoms with E-state index in [0.717, 1.165) is 5.56 Å². The second-order valence-electron chi connectivity index (χ2n) is 5.06. The average Bonchev–Trinajstić information content (AvgIpc) is 3.03. The molecule has 3 rings (SSSR count). The second kappa shape index (κ2) is 6.32. The van der Waals surface area contributed by atoms with Crippen molar-refractivity contribution in [2.45, 2.75) is 12.5 Å². The quantitative estimate of drug-likeness (QED) is 0.521. The molecule has 0 unspecified atom stereocenters. The number of anilines is 1. The van der Waals surface area contributed by atoms with E-state index in [0.29, 0.717) is 0 Å². The van der Waals surface area contributed by atoms with Crippen molar-refractivity contribution in [1.82, 2.24) is 10.3 Å². The second-order valence-corrected chi connectivity index (χ2v) is 5.06. The third-order valence-electron chi connectivity index (χ3n) is 3.48. The highest BCUT2D eigenvalue weighted by molar-refractivity contribution is 5.91. The lowest BCUT2D eigenvalue weighted by Gasteiger charge is -2.20. The molecule has 9 nitrogen and oxygen atoms in total. The van der Waals surface area contributed by atoms with E-state index in [1.54, 1.807) is 30.3 Å². The van der Waals surface area contributed by atoms with E-state index in [-0.39, 0.29) is 23.1 Å². The Morgan fingerprint density at radius 1 is 1.21 bits per heavy atom. The highest BCUT2D eigenvalue weighted by Gasteiger charge is 2.24. The molecule has 0 bridgehead atoms. The smallest absolute Gasteiger partial charge is 0.323 e. The summed E-state index contributed by atoms with van der Waals surface area (Å²) in [7, 11) is 0. The molecule has 0 radical (unpaired) electrons. The Balaban J connectivity index is 1.95. The van der Waals surface area contributed by atoms with Gasteiger partial charge in [-0.25, -0.2) is 4.63 Å². The normalized spacial score (nSPS) is 12.0. The first-order valence-electron chi connectivity index (χ1n) is 6.97. The maximum atomic E-state index is 11.4. The molecule has 24 heavy (non-hydrogen) atoms. The Hall–Kier alpha value is -3.49. The van der Waals surface area contributed by atoms with E-state index in [1.807, 2.05) is 0 Å². The molecule has 3 aromatic rings. The predicted molar refractivity (Wildman–Crippen MR) is 81.0 cm³/mol. The highest BCUT2D eigenvalue weighted by Crippen LogP contribution is 2.32. The number of nitrogens with zero attached hydrogens (tertiary/aromatic N) is 3. The van der Waals surface area contributed by atoms with Crippen LogP contribution in [0, 0.1) is 10.1 Å². The number of nitro groups is 1. The molecule has 9 heteroatoms. The summed E-state index contributed by atoms with van der Waals surface area (Å²) in [5, 5.41) is 32.4. The molecule has 1 N–H and O–H groups in total. The Morgan fingerprint density at radius 2 is 1.96 bits per heavy atom. The number of carbonyl (C=O) groups excluding carboxylic acids is 1. The summed E-state index contributed by atoms with van der Waals surface area (Å²) in [6, 6.07) is 10.5. The molecule has 122 valence electrons. The zero-order valence-electron chi connectivity index (χ0n) is 12.2. The Labute approximate surface area is 135 Å². The number of carboxylic acids is 1. The van der Waals surface area contributed by atoms with Gasteiger partial charge in [-0.05, 0) is 34.4 Å². The minimum absolute atomic E-state index is 0.00771. The summed E-state index contributed by atoms with van der Waals surface area (Å²) >= 11 is 0. The maximum Gasteiger partial charge on any atom is 0.323 e. The summed E-state index contributed by atoms with van der Waals surface area (Å²) in [6.07, 6.45) is 0.107. The van der Waals surface area contributed by atoms with Crippen molar-refractivity contribution < 1.29 is 19.5 Å². The fourth-order valence-corrected chi connectivity index (χ4v) is 2.37. The number of carboxylic acid groups (broad SMARTS) is 1. The van der Waals surface area contributed by atoms with Gasteiger partial charge in [-0.3, -0.25) is 10.1 Å². The number of hydrogen-bond acceptors (Lipinski definition) is 8. The van der Waals surface area contributed by atoms with Crippen LogP contribution in [-0.4, -0.2) is 27.2 Å². The van der Waals surface area contributed by atoms with Crippen molar-refractivity contribution >= 4 is 28.4 Å². The zero-order chi connectivity index (χ0) is 17.1. The van der Waals surface area contributed by atoms with E-state index in [2.05, 4.69) is 20.3 Å². The number of nitrogens with one attached hydrogen (secondary N) is 1. The van der Waals surface area contributed by atoms with Crippen LogP contribution in [0.15, 0.2) is 47.1 Å². The molecular formula is C15H11N4O5-. The van der Waals surface area contributed by atoms with Gasteiger partial charge in [0, 0.05) is 0 Å². The molecule has 0 aliphatic carbocycles. The van der Waals surface area contributed by atoms with Gasteiger partial charge in [0.1, 0.15) is 11.2 Å². The monoisotopic (exact) mass is 327 g/mol. The van der Waals surface area contributed by atoms with Crippen molar-refractivity contribution in [3.63, 3.8) is 0 Å². The number of aromatic nitrogens is 2. The summed E-state index contributed by atoms with van der Waals surface area (Å²) in [4.78, 5) is 22.1.